The maximum atomic E-state index is 11.0. The summed E-state index contributed by atoms with van der Waals surface area (Å²) in [5, 5.41) is 19.2. The summed E-state index contributed by atoms with van der Waals surface area (Å²) in [6.07, 6.45) is 7.50. The Hall–Kier alpha value is -0.340. The maximum absolute atomic E-state index is 11.0. The predicted octanol–water partition coefficient (Wildman–Crippen LogP) is 3.65. The zero-order valence-corrected chi connectivity index (χ0v) is 19.6. The van der Waals surface area contributed by atoms with Crippen LogP contribution in [0.5, 0.6) is 0 Å². The summed E-state index contributed by atoms with van der Waals surface area (Å²) in [4.78, 5) is 20.9. The van der Waals surface area contributed by atoms with Gasteiger partial charge >= 0.3 is 14.6 Å². The number of aliphatic carboxylic acids is 1. The highest BCUT2D eigenvalue weighted by molar-refractivity contribution is 7.40. The molecule has 8 nitrogen and oxygen atoms in total. The van der Waals surface area contributed by atoms with Crippen LogP contribution in [-0.2, 0) is 18.6 Å². The fourth-order valence-electron chi connectivity index (χ4n) is 2.73. The van der Waals surface area contributed by atoms with Gasteiger partial charge in [0.25, 0.3) is 0 Å². The molecule has 3 atom stereocenters. The summed E-state index contributed by atoms with van der Waals surface area (Å²) >= 11 is 0. The van der Waals surface area contributed by atoms with Crippen molar-refractivity contribution in [3.05, 3.63) is 0 Å². The van der Waals surface area contributed by atoms with Crippen LogP contribution in [0.2, 0.25) is 0 Å². The molecular weight excluding hydrogens is 397 g/mol. The van der Waals surface area contributed by atoms with E-state index in [1.165, 1.54) is 25.7 Å². The molecule has 0 aliphatic rings. The summed E-state index contributed by atoms with van der Waals surface area (Å²) in [5.41, 5.74) is 0. The van der Waals surface area contributed by atoms with Crippen LogP contribution in [0.15, 0.2) is 0 Å². The van der Waals surface area contributed by atoms with E-state index in [0.29, 0.717) is 6.61 Å². The summed E-state index contributed by atoms with van der Waals surface area (Å²) < 4.78 is 16.3. The summed E-state index contributed by atoms with van der Waals surface area (Å²) in [6, 6.07) is 0. The summed E-state index contributed by atoms with van der Waals surface area (Å²) in [7, 11) is 2.94. The van der Waals surface area contributed by atoms with Gasteiger partial charge in [-0.25, -0.2) is 0 Å². The van der Waals surface area contributed by atoms with Crippen molar-refractivity contribution in [2.24, 2.45) is 0 Å². The van der Waals surface area contributed by atoms with Crippen LogP contribution in [0, 0.1) is 0 Å². The standard InChI is InChI=1S/C20H42NO7P/c1-5-6-7-8-11-14-26-15-12-9-10-13-16-27-29(25)28-18(17-19(22)23)20(24)21(2,3)4/h18,20,24-25H,5-17H2,1-4H3/p+1. The number of ether oxygens (including phenoxy) is 1. The van der Waals surface area contributed by atoms with Crippen molar-refractivity contribution in [3.63, 3.8) is 0 Å². The Kier molecular flexibility index (Phi) is 17.1. The van der Waals surface area contributed by atoms with E-state index in [0.717, 1.165) is 45.3 Å². The lowest BCUT2D eigenvalue weighted by molar-refractivity contribution is -0.922. The van der Waals surface area contributed by atoms with E-state index in [2.05, 4.69) is 6.92 Å². The van der Waals surface area contributed by atoms with E-state index in [-0.39, 0.29) is 4.48 Å². The number of quaternary nitrogens is 1. The van der Waals surface area contributed by atoms with Gasteiger partial charge in [-0.3, -0.25) is 9.32 Å². The van der Waals surface area contributed by atoms with E-state index in [1.54, 1.807) is 21.1 Å². The number of carboxylic acids is 1. The van der Waals surface area contributed by atoms with Gasteiger partial charge in [-0.15, -0.1) is 0 Å². The number of rotatable bonds is 20. The molecule has 174 valence electrons. The molecule has 0 saturated carbocycles. The average molecular weight is 441 g/mol. The predicted molar refractivity (Wildman–Crippen MR) is 114 cm³/mol. The molecule has 0 aromatic heterocycles. The number of likely N-dealkylation sites (N-methyl/N-ethyl adjacent to an activating group) is 1. The van der Waals surface area contributed by atoms with Gasteiger partial charge in [-0.05, 0) is 19.3 Å². The molecular formula is C20H43NO7P+. The van der Waals surface area contributed by atoms with Crippen molar-refractivity contribution in [1.82, 2.24) is 0 Å². The third-order valence-corrected chi connectivity index (χ3v) is 5.36. The molecule has 0 fully saturated rings. The first-order valence-corrected chi connectivity index (χ1v) is 11.9. The van der Waals surface area contributed by atoms with Gasteiger partial charge in [-0.2, -0.15) is 0 Å². The maximum Gasteiger partial charge on any atom is 0.330 e. The molecule has 0 aliphatic carbocycles. The molecule has 9 heteroatoms. The van der Waals surface area contributed by atoms with Gasteiger partial charge in [0.05, 0.1) is 34.2 Å². The highest BCUT2D eigenvalue weighted by Gasteiger charge is 2.35. The molecule has 0 bridgehead atoms. The second-order valence-corrected chi connectivity index (χ2v) is 9.23. The third kappa shape index (κ3) is 17.1. The summed E-state index contributed by atoms with van der Waals surface area (Å²) in [6.45, 7) is 4.17. The van der Waals surface area contributed by atoms with Gasteiger partial charge in [0.15, 0.2) is 6.10 Å². The van der Waals surface area contributed by atoms with Crippen molar-refractivity contribution in [2.45, 2.75) is 83.5 Å². The Balaban J connectivity index is 3.76. The molecule has 0 rings (SSSR count). The minimum atomic E-state index is -2.23. The number of aliphatic hydroxyl groups excluding tert-OH is 1. The van der Waals surface area contributed by atoms with Crippen LogP contribution in [0.25, 0.3) is 0 Å². The fraction of sp³-hybridized carbons (Fsp3) is 0.950. The Morgan fingerprint density at radius 3 is 1.93 bits per heavy atom. The number of unbranched alkanes of at least 4 members (excludes halogenated alkanes) is 7. The number of nitrogens with zero attached hydrogens (tertiary/aromatic N) is 1. The second kappa shape index (κ2) is 17.4. The lowest BCUT2D eigenvalue weighted by atomic mass is 10.2. The van der Waals surface area contributed by atoms with E-state index >= 15 is 0 Å². The molecule has 29 heavy (non-hydrogen) atoms. The zero-order valence-electron chi connectivity index (χ0n) is 18.7. The topological polar surface area (TPSA) is 105 Å². The fourth-order valence-corrected chi connectivity index (χ4v) is 3.49. The largest absolute Gasteiger partial charge is 0.481 e. The van der Waals surface area contributed by atoms with Crippen LogP contribution >= 0.6 is 8.60 Å². The molecule has 0 aromatic carbocycles. The van der Waals surface area contributed by atoms with Crippen LogP contribution in [0.4, 0.5) is 0 Å². The number of aliphatic hydroxyl groups is 1. The molecule has 0 spiro atoms. The molecule has 0 heterocycles. The Morgan fingerprint density at radius 1 is 0.931 bits per heavy atom. The van der Waals surface area contributed by atoms with Gasteiger partial charge in [0.2, 0.25) is 6.23 Å². The highest BCUT2D eigenvalue weighted by atomic mass is 31.2. The lowest BCUT2D eigenvalue weighted by Crippen LogP contribution is -2.52. The lowest BCUT2D eigenvalue weighted by Gasteiger charge is -2.34. The van der Waals surface area contributed by atoms with Crippen molar-refractivity contribution in [2.75, 3.05) is 41.0 Å². The molecule has 3 N–H and O–H groups in total. The van der Waals surface area contributed by atoms with E-state index in [1.807, 2.05) is 0 Å². The van der Waals surface area contributed by atoms with Crippen LogP contribution in [0.1, 0.15) is 71.1 Å². The van der Waals surface area contributed by atoms with Crippen molar-refractivity contribution in [3.8, 4) is 0 Å². The van der Waals surface area contributed by atoms with Crippen LogP contribution < -0.4 is 0 Å². The minimum Gasteiger partial charge on any atom is -0.481 e. The normalized spacial score (nSPS) is 15.2. The number of carboxylic acid groups (broad SMARTS) is 1. The van der Waals surface area contributed by atoms with E-state index < -0.39 is 33.3 Å². The number of carbonyl (C=O) groups is 1. The smallest absolute Gasteiger partial charge is 0.330 e. The summed E-state index contributed by atoms with van der Waals surface area (Å²) in [5.74, 6) is -1.10. The second-order valence-electron chi connectivity index (χ2n) is 8.28. The van der Waals surface area contributed by atoms with Crippen molar-refractivity contribution >= 4 is 14.6 Å². The number of hydrogen-bond acceptors (Lipinski definition) is 6. The Bertz CT molecular complexity index is 407. The quantitative estimate of drug-likeness (QED) is 0.115. The molecule has 0 saturated heterocycles. The van der Waals surface area contributed by atoms with Crippen LogP contribution in [-0.4, -0.2) is 78.9 Å². The Labute approximate surface area is 177 Å². The first-order chi connectivity index (χ1) is 13.7. The van der Waals surface area contributed by atoms with Crippen LogP contribution in [0.3, 0.4) is 0 Å². The van der Waals surface area contributed by atoms with Gasteiger partial charge < -0.3 is 28.9 Å². The van der Waals surface area contributed by atoms with E-state index in [4.69, 9.17) is 18.9 Å². The van der Waals surface area contributed by atoms with Gasteiger partial charge in [0.1, 0.15) is 0 Å². The Morgan fingerprint density at radius 2 is 1.45 bits per heavy atom. The molecule has 0 amide bonds. The minimum absolute atomic E-state index is 0.0991. The van der Waals surface area contributed by atoms with Crippen molar-refractivity contribution in [1.29, 1.82) is 0 Å². The van der Waals surface area contributed by atoms with E-state index in [9.17, 15) is 14.8 Å². The monoisotopic (exact) mass is 440 g/mol. The third-order valence-electron chi connectivity index (χ3n) is 4.50. The molecule has 0 aromatic rings. The zero-order chi connectivity index (χ0) is 22.1. The SMILES string of the molecule is CCCCCCCOCCCCCCOP(O)OC(CC(=O)O)C(O)[N+](C)(C)C. The van der Waals surface area contributed by atoms with Crippen molar-refractivity contribution < 1.29 is 38.2 Å². The number of hydrogen-bond donors (Lipinski definition) is 3. The first kappa shape index (κ1) is 28.7. The molecule has 0 radical (unpaired) electrons. The average Bonchev–Trinajstić information content (AvgIpc) is 2.63. The van der Waals surface area contributed by atoms with Gasteiger partial charge in [0, 0.05) is 13.2 Å². The molecule has 0 aliphatic heterocycles. The van der Waals surface area contributed by atoms with Gasteiger partial charge in [-0.1, -0.05) is 45.4 Å². The highest BCUT2D eigenvalue weighted by Crippen LogP contribution is 2.37. The first-order valence-electron chi connectivity index (χ1n) is 10.8. The molecule has 3 unspecified atom stereocenters.